The van der Waals surface area contributed by atoms with Gasteiger partial charge in [0.15, 0.2) is 0 Å². The van der Waals surface area contributed by atoms with E-state index in [2.05, 4.69) is 13.2 Å². The molecule has 10 heteroatoms. The summed E-state index contributed by atoms with van der Waals surface area (Å²) in [6.45, 7) is 11.0. The van der Waals surface area contributed by atoms with Gasteiger partial charge in [-0.05, 0) is 52.4 Å². The molecule has 0 N–H and O–H groups in total. The molecule has 0 aromatic heterocycles. The Morgan fingerprint density at radius 2 is 1.00 bits per heavy atom. The van der Waals surface area contributed by atoms with Gasteiger partial charge in [0.05, 0.1) is 26.4 Å². The quantitative estimate of drug-likeness (QED) is 0.101. The molecule has 0 heterocycles. The molecule has 0 aromatic carbocycles. The van der Waals surface area contributed by atoms with Gasteiger partial charge in [0.2, 0.25) is 0 Å². The summed E-state index contributed by atoms with van der Waals surface area (Å²) in [5, 5.41) is 0. The van der Waals surface area contributed by atoms with E-state index in [1.165, 1.54) is 0 Å². The average Bonchev–Trinajstić information content (AvgIpc) is 2.65. The first-order valence-electron chi connectivity index (χ1n) is 9.91. The smallest absolute Gasteiger partial charge is 0.756 e. The molecule has 0 saturated carbocycles. The van der Waals surface area contributed by atoms with Crippen molar-refractivity contribution in [1.29, 1.82) is 0 Å². The molecule has 168 valence electrons. The maximum atomic E-state index is 11.6. The summed E-state index contributed by atoms with van der Waals surface area (Å²) in [5.74, 6) is -0.798. The Labute approximate surface area is 192 Å². The van der Waals surface area contributed by atoms with Crippen LogP contribution in [0.5, 0.6) is 0 Å². The normalized spacial score (nSPS) is 10.8. The standard InChI is InChI=1S/C20H35O8P.Li/c1-17(2)19(21)25-13-9-5-7-11-15-27-29(23,24)28-16-12-8-6-10-14-26-20(22)18(3)4;/h1,3,5-16H2,2,4H3,(H,23,24);/q;+1/p-1. The van der Waals surface area contributed by atoms with Crippen molar-refractivity contribution in [3.05, 3.63) is 24.3 Å². The van der Waals surface area contributed by atoms with Gasteiger partial charge in [-0.25, -0.2) is 9.59 Å². The minimum Gasteiger partial charge on any atom is -0.756 e. The molecule has 0 aromatic rings. The van der Waals surface area contributed by atoms with Crippen molar-refractivity contribution >= 4 is 19.8 Å². The van der Waals surface area contributed by atoms with E-state index in [-0.39, 0.29) is 32.1 Å². The summed E-state index contributed by atoms with van der Waals surface area (Å²) in [4.78, 5) is 34.0. The van der Waals surface area contributed by atoms with Crippen molar-refractivity contribution in [3.63, 3.8) is 0 Å². The number of carbonyl (C=O) groups excluding carboxylic acids is 2. The summed E-state index contributed by atoms with van der Waals surface area (Å²) in [7, 11) is -4.27. The van der Waals surface area contributed by atoms with Gasteiger partial charge in [-0.1, -0.05) is 26.0 Å². The van der Waals surface area contributed by atoms with E-state index in [1.807, 2.05) is 0 Å². The molecule has 0 amide bonds. The summed E-state index contributed by atoms with van der Waals surface area (Å²) in [6.07, 6.45) is 5.70. The predicted molar refractivity (Wildman–Crippen MR) is 108 cm³/mol. The molecular formula is C20H34LiO8P. The summed E-state index contributed by atoms with van der Waals surface area (Å²) in [6, 6.07) is 0. The summed E-state index contributed by atoms with van der Waals surface area (Å²) < 4.78 is 31.2. The van der Waals surface area contributed by atoms with Gasteiger partial charge in [-0.3, -0.25) is 4.57 Å². The number of phosphoric acid groups is 1. The van der Waals surface area contributed by atoms with Crippen LogP contribution in [0.3, 0.4) is 0 Å². The number of rotatable bonds is 18. The summed E-state index contributed by atoms with van der Waals surface area (Å²) in [5.41, 5.74) is 0.738. The molecule has 0 aliphatic rings. The van der Waals surface area contributed by atoms with E-state index in [0.29, 0.717) is 50.0 Å². The van der Waals surface area contributed by atoms with E-state index in [1.54, 1.807) is 13.8 Å². The third kappa shape index (κ3) is 19.1. The van der Waals surface area contributed by atoms with Crippen LogP contribution in [0.4, 0.5) is 0 Å². The van der Waals surface area contributed by atoms with Gasteiger partial charge in [0.1, 0.15) is 0 Å². The molecule has 0 spiro atoms. The Hall–Kier alpha value is -0.873. The average molecular weight is 440 g/mol. The molecule has 0 radical (unpaired) electrons. The van der Waals surface area contributed by atoms with Gasteiger partial charge in [0, 0.05) is 11.1 Å². The minimum atomic E-state index is -4.27. The van der Waals surface area contributed by atoms with Crippen LogP contribution in [0, 0.1) is 0 Å². The van der Waals surface area contributed by atoms with Crippen LogP contribution in [0.1, 0.15) is 65.2 Å². The molecule has 0 aliphatic heterocycles. The predicted octanol–water partition coefficient (Wildman–Crippen LogP) is 0.851. The van der Waals surface area contributed by atoms with Crippen molar-refractivity contribution in [2.24, 2.45) is 0 Å². The largest absolute Gasteiger partial charge is 1.00 e. The van der Waals surface area contributed by atoms with Gasteiger partial charge in [0.25, 0.3) is 7.82 Å². The van der Waals surface area contributed by atoms with Crippen LogP contribution in [0.2, 0.25) is 0 Å². The fraction of sp³-hybridized carbons (Fsp3) is 0.700. The van der Waals surface area contributed by atoms with E-state index >= 15 is 0 Å². The fourth-order valence-electron chi connectivity index (χ4n) is 2.08. The molecule has 30 heavy (non-hydrogen) atoms. The Kier molecular flexibility index (Phi) is 19.7. The molecular weight excluding hydrogens is 406 g/mol. The molecule has 0 atom stereocenters. The Bertz CT molecular complexity index is 533. The first kappa shape index (κ1) is 31.3. The zero-order valence-corrected chi connectivity index (χ0v) is 19.5. The number of unbranched alkanes of at least 4 members (excludes halogenated alkanes) is 6. The Morgan fingerprint density at radius 1 is 0.700 bits per heavy atom. The first-order valence-corrected chi connectivity index (χ1v) is 11.4. The number of ether oxygens (including phenoxy) is 2. The van der Waals surface area contributed by atoms with E-state index in [0.717, 1.165) is 25.7 Å². The van der Waals surface area contributed by atoms with E-state index in [9.17, 15) is 19.0 Å². The van der Waals surface area contributed by atoms with Gasteiger partial charge in [-0.15, -0.1) is 0 Å². The molecule has 0 rings (SSSR count). The molecule has 0 bridgehead atoms. The third-order valence-electron chi connectivity index (χ3n) is 3.74. The van der Waals surface area contributed by atoms with Crippen molar-refractivity contribution in [3.8, 4) is 0 Å². The van der Waals surface area contributed by atoms with Crippen LogP contribution in [0.15, 0.2) is 24.3 Å². The van der Waals surface area contributed by atoms with E-state index in [4.69, 9.17) is 18.5 Å². The van der Waals surface area contributed by atoms with Crippen molar-refractivity contribution in [1.82, 2.24) is 0 Å². The maximum Gasteiger partial charge on any atom is 1.00 e. The number of esters is 2. The number of hydrogen-bond donors (Lipinski definition) is 0. The van der Waals surface area contributed by atoms with Crippen LogP contribution < -0.4 is 23.8 Å². The molecule has 0 unspecified atom stereocenters. The molecule has 0 saturated heterocycles. The topological polar surface area (TPSA) is 111 Å². The van der Waals surface area contributed by atoms with Crippen LogP contribution in [-0.4, -0.2) is 38.4 Å². The maximum absolute atomic E-state index is 11.6. The zero-order chi connectivity index (χ0) is 22.1. The van der Waals surface area contributed by atoms with Crippen molar-refractivity contribution in [2.75, 3.05) is 26.4 Å². The third-order valence-corrected chi connectivity index (χ3v) is 4.74. The van der Waals surface area contributed by atoms with Gasteiger partial charge >= 0.3 is 30.8 Å². The monoisotopic (exact) mass is 440 g/mol. The SMILES string of the molecule is C=C(C)C(=O)OCCCCCCOP(=O)([O-])OCCCCCCOC(=O)C(=C)C.[Li+]. The van der Waals surface area contributed by atoms with Crippen LogP contribution in [0.25, 0.3) is 0 Å². The molecule has 8 nitrogen and oxygen atoms in total. The second kappa shape index (κ2) is 18.9. The second-order valence-corrected chi connectivity index (χ2v) is 8.19. The Morgan fingerprint density at radius 3 is 1.30 bits per heavy atom. The van der Waals surface area contributed by atoms with E-state index < -0.39 is 19.8 Å². The van der Waals surface area contributed by atoms with Crippen molar-refractivity contribution in [2.45, 2.75) is 65.2 Å². The number of carbonyl (C=O) groups is 2. The van der Waals surface area contributed by atoms with Gasteiger partial charge in [-0.2, -0.15) is 0 Å². The van der Waals surface area contributed by atoms with Gasteiger partial charge < -0.3 is 23.4 Å². The zero-order valence-electron chi connectivity index (χ0n) is 18.6. The Balaban J connectivity index is 0. The minimum absolute atomic E-state index is 0. The second-order valence-electron chi connectivity index (χ2n) is 6.77. The van der Waals surface area contributed by atoms with Crippen molar-refractivity contribution < 1.29 is 56.4 Å². The molecule has 0 fully saturated rings. The summed E-state index contributed by atoms with van der Waals surface area (Å²) >= 11 is 0. The number of phosphoric ester groups is 1. The fourth-order valence-corrected chi connectivity index (χ4v) is 2.86. The number of hydrogen-bond acceptors (Lipinski definition) is 8. The van der Waals surface area contributed by atoms with Crippen LogP contribution in [-0.2, 0) is 32.7 Å². The first-order chi connectivity index (χ1) is 13.7. The van der Waals surface area contributed by atoms with Crippen LogP contribution >= 0.6 is 7.82 Å². The molecule has 0 aliphatic carbocycles.